The summed E-state index contributed by atoms with van der Waals surface area (Å²) < 4.78 is 20.4. The third-order valence-corrected chi connectivity index (χ3v) is 6.33. The molecular weight excluding hydrogens is 379 g/mol. The summed E-state index contributed by atoms with van der Waals surface area (Å²) in [6.45, 7) is 2.05. The number of amides is 1. The lowest BCUT2D eigenvalue weighted by Crippen LogP contribution is -2.17. The number of carbonyl (C=O) groups excluding carboxylic acids is 2. The first kappa shape index (κ1) is 18.7. The fraction of sp³-hybridized carbons (Fsp3) is 0.333. The normalized spacial score (nSPS) is 13.4. The first-order valence-corrected chi connectivity index (χ1v) is 10.2. The third kappa shape index (κ3) is 3.20. The number of carbonyl (C=O) groups is 2. The highest BCUT2D eigenvalue weighted by atomic mass is 32.1. The average Bonchev–Trinajstić information content (AvgIpc) is 3.19. The minimum absolute atomic E-state index is 0.283. The number of anilines is 1. The molecule has 2 aromatic heterocycles. The maximum atomic E-state index is 13.6. The first-order valence-electron chi connectivity index (χ1n) is 9.37. The van der Waals surface area contributed by atoms with E-state index in [1.807, 2.05) is 0 Å². The van der Waals surface area contributed by atoms with Gasteiger partial charge >= 0.3 is 5.97 Å². The second kappa shape index (κ2) is 7.39. The summed E-state index contributed by atoms with van der Waals surface area (Å²) in [5.41, 5.74) is 2.53. The van der Waals surface area contributed by atoms with Crippen molar-refractivity contribution in [3.8, 4) is 0 Å². The predicted molar refractivity (Wildman–Crippen MR) is 108 cm³/mol. The van der Waals surface area contributed by atoms with E-state index in [0.717, 1.165) is 41.5 Å². The van der Waals surface area contributed by atoms with Gasteiger partial charge in [-0.1, -0.05) is 0 Å². The van der Waals surface area contributed by atoms with Gasteiger partial charge in [0.05, 0.1) is 17.7 Å². The molecule has 7 heteroatoms. The maximum absolute atomic E-state index is 13.6. The van der Waals surface area contributed by atoms with Crippen LogP contribution in [0.5, 0.6) is 0 Å². The quantitative estimate of drug-likeness (QED) is 0.647. The molecule has 0 aliphatic heterocycles. The van der Waals surface area contributed by atoms with E-state index in [2.05, 4.69) is 5.32 Å². The molecule has 0 saturated heterocycles. The number of hydrogen-bond acceptors (Lipinski definition) is 4. The summed E-state index contributed by atoms with van der Waals surface area (Å²) in [6, 6.07) is 6.15. The van der Waals surface area contributed by atoms with Gasteiger partial charge in [-0.25, -0.2) is 9.18 Å². The molecule has 5 nitrogen and oxygen atoms in total. The topological polar surface area (TPSA) is 60.3 Å². The molecule has 0 atom stereocenters. The molecule has 2 heterocycles. The Labute approximate surface area is 166 Å². The largest absolute Gasteiger partial charge is 0.462 e. The van der Waals surface area contributed by atoms with E-state index in [4.69, 9.17) is 4.74 Å². The van der Waals surface area contributed by atoms with Gasteiger partial charge in [0.25, 0.3) is 5.91 Å². The summed E-state index contributed by atoms with van der Waals surface area (Å²) in [6.07, 6.45) is 3.84. The second-order valence-electron chi connectivity index (χ2n) is 6.88. The zero-order chi connectivity index (χ0) is 19.8. The number of nitrogens with one attached hydrogen (secondary N) is 1. The lowest BCUT2D eigenvalue weighted by atomic mass is 9.95. The van der Waals surface area contributed by atoms with Crippen LogP contribution < -0.4 is 5.32 Å². The Morgan fingerprint density at radius 2 is 2.04 bits per heavy atom. The monoisotopic (exact) mass is 400 g/mol. The summed E-state index contributed by atoms with van der Waals surface area (Å²) in [5.74, 6) is -1.07. The van der Waals surface area contributed by atoms with Crippen LogP contribution in [0.15, 0.2) is 24.3 Å². The van der Waals surface area contributed by atoms with E-state index < -0.39 is 5.97 Å². The van der Waals surface area contributed by atoms with Crippen LogP contribution in [0, 0.1) is 5.82 Å². The Morgan fingerprint density at radius 1 is 1.25 bits per heavy atom. The number of thiophene rings is 1. The molecule has 1 amide bonds. The van der Waals surface area contributed by atoms with Crippen molar-refractivity contribution in [2.75, 3.05) is 11.9 Å². The van der Waals surface area contributed by atoms with Gasteiger partial charge in [-0.15, -0.1) is 11.3 Å². The molecule has 146 valence electrons. The van der Waals surface area contributed by atoms with E-state index in [1.54, 1.807) is 30.7 Å². The van der Waals surface area contributed by atoms with Gasteiger partial charge in [0, 0.05) is 17.3 Å². The van der Waals surface area contributed by atoms with Crippen LogP contribution in [0.25, 0.3) is 10.9 Å². The Balaban J connectivity index is 1.71. The van der Waals surface area contributed by atoms with Gasteiger partial charge in [-0.05, 0) is 62.4 Å². The summed E-state index contributed by atoms with van der Waals surface area (Å²) in [7, 11) is 1.72. The standard InChI is InChI=1S/C21H21FN2O3S/c1-3-27-21(26)18-14-6-4-5-7-17(14)28-20(18)23-19(25)16-10-12-8-9-13(22)11-15(12)24(16)2/h8-11H,3-7H2,1-2H3,(H,23,25). The maximum Gasteiger partial charge on any atom is 0.341 e. The van der Waals surface area contributed by atoms with Crippen LogP contribution in [0.3, 0.4) is 0 Å². The van der Waals surface area contributed by atoms with E-state index in [-0.39, 0.29) is 18.3 Å². The van der Waals surface area contributed by atoms with Crippen molar-refractivity contribution in [3.05, 3.63) is 51.8 Å². The summed E-state index contributed by atoms with van der Waals surface area (Å²) in [5, 5.41) is 4.22. The number of fused-ring (bicyclic) bond motifs is 2. The highest BCUT2D eigenvalue weighted by Crippen LogP contribution is 2.39. The van der Waals surface area contributed by atoms with Crippen molar-refractivity contribution in [1.29, 1.82) is 0 Å². The molecule has 1 aromatic carbocycles. The van der Waals surface area contributed by atoms with E-state index >= 15 is 0 Å². The fourth-order valence-corrected chi connectivity index (χ4v) is 5.03. The number of benzene rings is 1. The Hall–Kier alpha value is -2.67. The predicted octanol–water partition coefficient (Wildman–Crippen LogP) is 4.69. The summed E-state index contributed by atoms with van der Waals surface area (Å²) in [4.78, 5) is 26.7. The fourth-order valence-electron chi connectivity index (χ4n) is 3.76. The van der Waals surface area contributed by atoms with E-state index in [9.17, 15) is 14.0 Å². The molecule has 1 aliphatic rings. The van der Waals surface area contributed by atoms with Crippen molar-refractivity contribution in [3.63, 3.8) is 0 Å². The number of ether oxygens (including phenoxy) is 1. The average molecular weight is 400 g/mol. The molecule has 28 heavy (non-hydrogen) atoms. The second-order valence-corrected chi connectivity index (χ2v) is 7.99. The zero-order valence-corrected chi connectivity index (χ0v) is 16.6. The Kier molecular flexibility index (Phi) is 4.93. The minimum atomic E-state index is -0.392. The molecule has 0 radical (unpaired) electrons. The molecule has 1 aliphatic carbocycles. The van der Waals surface area contributed by atoms with Gasteiger partial charge in [-0.3, -0.25) is 4.79 Å². The van der Waals surface area contributed by atoms with Crippen molar-refractivity contribution < 1.29 is 18.7 Å². The van der Waals surface area contributed by atoms with Crippen LogP contribution in [0.2, 0.25) is 0 Å². The van der Waals surface area contributed by atoms with Crippen molar-refractivity contribution >= 4 is 39.1 Å². The van der Waals surface area contributed by atoms with Gasteiger partial charge < -0.3 is 14.6 Å². The van der Waals surface area contributed by atoms with E-state index in [0.29, 0.717) is 21.8 Å². The lowest BCUT2D eigenvalue weighted by Gasteiger charge is -2.12. The highest BCUT2D eigenvalue weighted by Gasteiger charge is 2.28. The van der Waals surface area contributed by atoms with Gasteiger partial charge in [-0.2, -0.15) is 0 Å². The number of rotatable bonds is 4. The highest BCUT2D eigenvalue weighted by molar-refractivity contribution is 7.17. The van der Waals surface area contributed by atoms with Gasteiger partial charge in [0.1, 0.15) is 16.5 Å². The Morgan fingerprint density at radius 3 is 2.82 bits per heavy atom. The van der Waals surface area contributed by atoms with Crippen LogP contribution in [-0.4, -0.2) is 23.1 Å². The number of nitrogens with zero attached hydrogens (tertiary/aromatic N) is 1. The number of aryl methyl sites for hydroxylation is 2. The van der Waals surface area contributed by atoms with Crippen molar-refractivity contribution in [2.45, 2.75) is 32.6 Å². The lowest BCUT2D eigenvalue weighted by molar-refractivity contribution is 0.0526. The molecule has 0 saturated carbocycles. The SMILES string of the molecule is CCOC(=O)c1c(NC(=O)c2cc3ccc(F)cc3n2C)sc2c1CCCC2. The van der Waals surface area contributed by atoms with Crippen molar-refractivity contribution in [1.82, 2.24) is 4.57 Å². The molecule has 0 spiro atoms. The summed E-state index contributed by atoms with van der Waals surface area (Å²) >= 11 is 1.45. The molecule has 0 fully saturated rings. The number of halogens is 1. The molecule has 1 N–H and O–H groups in total. The number of aromatic nitrogens is 1. The smallest absolute Gasteiger partial charge is 0.341 e. The zero-order valence-electron chi connectivity index (χ0n) is 15.8. The molecule has 3 aromatic rings. The number of hydrogen-bond donors (Lipinski definition) is 1. The molecule has 0 unspecified atom stereocenters. The van der Waals surface area contributed by atoms with Crippen molar-refractivity contribution in [2.24, 2.45) is 7.05 Å². The van der Waals surface area contributed by atoms with Crippen LogP contribution in [0.1, 0.15) is 51.1 Å². The molecule has 4 rings (SSSR count). The number of esters is 1. The third-order valence-electron chi connectivity index (χ3n) is 5.12. The van der Waals surface area contributed by atoms with Crippen LogP contribution in [-0.2, 0) is 24.6 Å². The first-order chi connectivity index (χ1) is 13.5. The van der Waals surface area contributed by atoms with Gasteiger partial charge in [0.15, 0.2) is 0 Å². The Bertz CT molecular complexity index is 1080. The minimum Gasteiger partial charge on any atom is -0.462 e. The van der Waals surface area contributed by atoms with E-state index in [1.165, 1.54) is 23.5 Å². The molecular formula is C21H21FN2O3S. The van der Waals surface area contributed by atoms with Gasteiger partial charge in [0.2, 0.25) is 0 Å². The van der Waals surface area contributed by atoms with Crippen LogP contribution in [0.4, 0.5) is 9.39 Å². The van der Waals surface area contributed by atoms with Crippen LogP contribution >= 0.6 is 11.3 Å². The molecule has 0 bridgehead atoms.